The normalized spacial score (nSPS) is 20.6. The van der Waals surface area contributed by atoms with Crippen LogP contribution in [0, 0.1) is 5.41 Å². The largest absolute Gasteiger partial charge is 0.435 e. The van der Waals surface area contributed by atoms with Gasteiger partial charge in [-0.25, -0.2) is 0 Å². The molecule has 20 heavy (non-hydrogen) atoms. The number of hydrogen-bond donors (Lipinski definition) is 0. The number of benzene rings is 1. The van der Waals surface area contributed by atoms with Crippen molar-refractivity contribution in [3.63, 3.8) is 0 Å². The Morgan fingerprint density at radius 2 is 1.90 bits per heavy atom. The van der Waals surface area contributed by atoms with Gasteiger partial charge in [-0.15, -0.1) is 0 Å². The van der Waals surface area contributed by atoms with E-state index in [1.165, 1.54) is 12.8 Å². The lowest BCUT2D eigenvalue weighted by Gasteiger charge is -2.35. The van der Waals surface area contributed by atoms with Crippen LogP contribution in [0.1, 0.15) is 39.2 Å². The highest BCUT2D eigenvalue weighted by atomic mass is 19.3. The summed E-state index contributed by atoms with van der Waals surface area (Å²) in [6.45, 7) is 6.04. The summed E-state index contributed by atoms with van der Waals surface area (Å²) in [5.74, 6) is 0.220. The number of halogens is 2. The minimum absolute atomic E-state index is 0.220. The highest BCUT2D eigenvalue weighted by molar-refractivity contribution is 5.27. The summed E-state index contributed by atoms with van der Waals surface area (Å²) in [7, 11) is 0. The monoisotopic (exact) mass is 283 g/mol. The van der Waals surface area contributed by atoms with Crippen molar-refractivity contribution in [3.8, 4) is 5.75 Å². The van der Waals surface area contributed by atoms with E-state index in [0.717, 1.165) is 18.7 Å². The molecule has 0 spiro atoms. The Morgan fingerprint density at radius 1 is 1.25 bits per heavy atom. The maximum absolute atomic E-state index is 12.1. The molecule has 0 aromatic heterocycles. The molecule has 0 saturated carbocycles. The fraction of sp³-hybridized carbons (Fsp3) is 0.625. The van der Waals surface area contributed by atoms with Crippen LogP contribution < -0.4 is 4.74 Å². The number of rotatable bonds is 4. The fourth-order valence-corrected chi connectivity index (χ4v) is 3.01. The first-order valence-corrected chi connectivity index (χ1v) is 7.14. The molecule has 1 saturated heterocycles. The summed E-state index contributed by atoms with van der Waals surface area (Å²) in [6.07, 6.45) is 2.46. The molecule has 2 rings (SSSR count). The van der Waals surface area contributed by atoms with E-state index >= 15 is 0 Å². The molecule has 1 aliphatic heterocycles. The Labute approximate surface area is 119 Å². The molecule has 0 radical (unpaired) electrons. The van der Waals surface area contributed by atoms with Gasteiger partial charge in [0.15, 0.2) is 0 Å². The molecule has 0 N–H and O–H groups in total. The number of ether oxygens (including phenoxy) is 1. The maximum atomic E-state index is 12.1. The number of alkyl halides is 2. The van der Waals surface area contributed by atoms with E-state index in [1.54, 1.807) is 12.1 Å². The maximum Gasteiger partial charge on any atom is 0.387 e. The molecule has 4 heteroatoms. The molecule has 1 unspecified atom stereocenters. The van der Waals surface area contributed by atoms with Crippen LogP contribution in [0.3, 0.4) is 0 Å². The molecule has 1 aliphatic rings. The van der Waals surface area contributed by atoms with Crippen molar-refractivity contribution in [3.05, 3.63) is 29.8 Å². The van der Waals surface area contributed by atoms with E-state index in [9.17, 15) is 8.78 Å². The van der Waals surface area contributed by atoms with Crippen LogP contribution in [0.4, 0.5) is 8.78 Å². The summed E-state index contributed by atoms with van der Waals surface area (Å²) in [6, 6.07) is 7.55. The molecule has 1 aromatic carbocycles. The van der Waals surface area contributed by atoms with Crippen molar-refractivity contribution < 1.29 is 13.5 Å². The van der Waals surface area contributed by atoms with Crippen LogP contribution >= 0.6 is 0 Å². The zero-order valence-corrected chi connectivity index (χ0v) is 12.4. The van der Waals surface area contributed by atoms with Crippen molar-refractivity contribution >= 4 is 0 Å². The summed E-state index contributed by atoms with van der Waals surface area (Å²) in [5, 5.41) is 0. The average Bonchev–Trinajstić information content (AvgIpc) is 2.79. The topological polar surface area (TPSA) is 12.5 Å². The van der Waals surface area contributed by atoms with E-state index in [2.05, 4.69) is 30.4 Å². The fourth-order valence-electron chi connectivity index (χ4n) is 3.01. The molecule has 2 nitrogen and oxygen atoms in total. The SMILES string of the molecule is CC(C)(C)C1CCCN1Cc1ccc(OC(F)F)cc1. The van der Waals surface area contributed by atoms with Crippen LogP contribution in [-0.2, 0) is 6.54 Å². The van der Waals surface area contributed by atoms with E-state index in [4.69, 9.17) is 0 Å². The predicted octanol–water partition coefficient (Wildman–Crippen LogP) is 4.30. The minimum Gasteiger partial charge on any atom is -0.435 e. The summed E-state index contributed by atoms with van der Waals surface area (Å²) in [5.41, 5.74) is 1.41. The molecule has 1 atom stereocenters. The van der Waals surface area contributed by atoms with E-state index in [1.807, 2.05) is 12.1 Å². The van der Waals surface area contributed by atoms with Crippen LogP contribution in [0.2, 0.25) is 0 Å². The van der Waals surface area contributed by atoms with E-state index < -0.39 is 6.61 Å². The Kier molecular flexibility index (Phi) is 4.63. The van der Waals surface area contributed by atoms with Crippen LogP contribution in [0.25, 0.3) is 0 Å². The average molecular weight is 283 g/mol. The third kappa shape index (κ3) is 3.92. The smallest absolute Gasteiger partial charge is 0.387 e. The van der Waals surface area contributed by atoms with Crippen molar-refractivity contribution in [2.75, 3.05) is 6.54 Å². The van der Waals surface area contributed by atoms with Gasteiger partial charge in [0.1, 0.15) is 5.75 Å². The quantitative estimate of drug-likeness (QED) is 0.817. The van der Waals surface area contributed by atoms with Gasteiger partial charge in [0.25, 0.3) is 0 Å². The molecule has 1 fully saturated rings. The van der Waals surface area contributed by atoms with Crippen molar-refractivity contribution in [2.45, 2.75) is 52.8 Å². The summed E-state index contributed by atoms with van der Waals surface area (Å²) < 4.78 is 28.6. The first-order chi connectivity index (χ1) is 9.36. The van der Waals surface area contributed by atoms with Crippen molar-refractivity contribution in [2.24, 2.45) is 5.41 Å². The van der Waals surface area contributed by atoms with Gasteiger partial charge in [-0.2, -0.15) is 8.78 Å². The Hall–Kier alpha value is -1.16. The van der Waals surface area contributed by atoms with Crippen molar-refractivity contribution in [1.82, 2.24) is 4.90 Å². The van der Waals surface area contributed by atoms with Crippen molar-refractivity contribution in [1.29, 1.82) is 0 Å². The van der Waals surface area contributed by atoms with Gasteiger partial charge in [-0.1, -0.05) is 32.9 Å². The summed E-state index contributed by atoms with van der Waals surface area (Å²) >= 11 is 0. The van der Waals surface area contributed by atoms with Crippen LogP contribution in [-0.4, -0.2) is 24.1 Å². The van der Waals surface area contributed by atoms with Gasteiger partial charge in [0.05, 0.1) is 0 Å². The molecular weight excluding hydrogens is 260 g/mol. The lowest BCUT2D eigenvalue weighted by atomic mass is 9.85. The highest BCUT2D eigenvalue weighted by Crippen LogP contribution is 2.33. The Bertz CT molecular complexity index is 425. The molecule has 1 heterocycles. The molecule has 0 bridgehead atoms. The van der Waals surface area contributed by atoms with Gasteiger partial charge < -0.3 is 4.74 Å². The minimum atomic E-state index is -2.76. The standard InChI is InChI=1S/C16H23F2NO/c1-16(2,3)14-5-4-10-19(14)11-12-6-8-13(9-7-12)20-15(17)18/h6-9,14-15H,4-5,10-11H2,1-3H3. The van der Waals surface area contributed by atoms with Crippen LogP contribution in [0.5, 0.6) is 5.75 Å². The van der Waals surface area contributed by atoms with E-state index in [-0.39, 0.29) is 11.2 Å². The second-order valence-electron chi connectivity index (χ2n) is 6.52. The summed E-state index contributed by atoms with van der Waals surface area (Å²) in [4.78, 5) is 2.49. The molecule has 112 valence electrons. The highest BCUT2D eigenvalue weighted by Gasteiger charge is 2.33. The lowest BCUT2D eigenvalue weighted by molar-refractivity contribution is -0.0498. The Morgan fingerprint density at radius 3 is 2.45 bits per heavy atom. The van der Waals surface area contributed by atoms with Gasteiger partial charge >= 0.3 is 6.61 Å². The number of nitrogens with zero attached hydrogens (tertiary/aromatic N) is 1. The van der Waals surface area contributed by atoms with Gasteiger partial charge in [0, 0.05) is 12.6 Å². The first-order valence-electron chi connectivity index (χ1n) is 7.14. The third-order valence-electron chi connectivity index (χ3n) is 3.90. The third-order valence-corrected chi connectivity index (χ3v) is 3.90. The Balaban J connectivity index is 1.99. The van der Waals surface area contributed by atoms with Crippen LogP contribution in [0.15, 0.2) is 24.3 Å². The number of likely N-dealkylation sites (tertiary alicyclic amines) is 1. The van der Waals surface area contributed by atoms with E-state index in [0.29, 0.717) is 6.04 Å². The zero-order chi connectivity index (χ0) is 14.8. The zero-order valence-electron chi connectivity index (χ0n) is 12.4. The second-order valence-corrected chi connectivity index (χ2v) is 6.52. The molecule has 1 aromatic rings. The number of hydrogen-bond acceptors (Lipinski definition) is 2. The molecule has 0 aliphatic carbocycles. The van der Waals surface area contributed by atoms with Gasteiger partial charge in [-0.05, 0) is 42.5 Å². The van der Waals surface area contributed by atoms with Gasteiger partial charge in [-0.3, -0.25) is 4.90 Å². The molecule has 0 amide bonds. The van der Waals surface area contributed by atoms with Gasteiger partial charge in [0.2, 0.25) is 0 Å². The predicted molar refractivity (Wildman–Crippen MR) is 76.0 cm³/mol. The lowest BCUT2D eigenvalue weighted by Crippen LogP contribution is -2.38. The second kappa shape index (κ2) is 6.08. The first kappa shape index (κ1) is 15.2. The molecular formula is C16H23F2NO.